The summed E-state index contributed by atoms with van der Waals surface area (Å²) in [7, 11) is -3.64. The van der Waals surface area contributed by atoms with Gasteiger partial charge in [0.2, 0.25) is 10.3 Å². The largest absolute Gasteiger partial charge is 0.342 e. The molecule has 0 aliphatic rings. The molecule has 126 valence electrons. The SMILES string of the molecule is Cc1ccc(S(=O)(=O)Nc2nnc(N(C(C)C)C(C)C)s2)cc1. The molecule has 1 aromatic heterocycles. The number of nitrogens with one attached hydrogen (secondary N) is 1. The molecule has 0 unspecified atom stereocenters. The number of aromatic nitrogens is 2. The van der Waals surface area contributed by atoms with E-state index in [1.165, 1.54) is 11.3 Å². The molecule has 23 heavy (non-hydrogen) atoms. The van der Waals surface area contributed by atoms with Gasteiger partial charge in [0, 0.05) is 12.1 Å². The Hall–Kier alpha value is -1.67. The Labute approximate surface area is 141 Å². The van der Waals surface area contributed by atoms with Crippen molar-refractivity contribution in [1.82, 2.24) is 10.2 Å². The Kier molecular flexibility index (Phi) is 5.26. The Morgan fingerprint density at radius 2 is 1.61 bits per heavy atom. The van der Waals surface area contributed by atoms with Gasteiger partial charge < -0.3 is 4.90 Å². The average molecular weight is 355 g/mol. The van der Waals surface area contributed by atoms with Crippen LogP contribution in [-0.2, 0) is 10.0 Å². The van der Waals surface area contributed by atoms with Crippen molar-refractivity contribution in [3.05, 3.63) is 29.8 Å². The highest BCUT2D eigenvalue weighted by Crippen LogP contribution is 2.28. The highest BCUT2D eigenvalue weighted by Gasteiger charge is 2.21. The van der Waals surface area contributed by atoms with Crippen LogP contribution < -0.4 is 9.62 Å². The Balaban J connectivity index is 2.23. The number of anilines is 2. The molecule has 6 nitrogen and oxygen atoms in total. The second kappa shape index (κ2) is 6.84. The van der Waals surface area contributed by atoms with Crippen LogP contribution in [0, 0.1) is 6.92 Å². The van der Waals surface area contributed by atoms with Crippen LogP contribution in [0.15, 0.2) is 29.2 Å². The van der Waals surface area contributed by atoms with Crippen molar-refractivity contribution in [2.75, 3.05) is 9.62 Å². The molecular weight excluding hydrogens is 332 g/mol. The van der Waals surface area contributed by atoms with E-state index in [0.717, 1.165) is 5.56 Å². The van der Waals surface area contributed by atoms with E-state index >= 15 is 0 Å². The van der Waals surface area contributed by atoms with Crippen molar-refractivity contribution in [1.29, 1.82) is 0 Å². The van der Waals surface area contributed by atoms with E-state index in [9.17, 15) is 8.42 Å². The first-order chi connectivity index (χ1) is 10.7. The molecule has 0 fully saturated rings. The summed E-state index contributed by atoms with van der Waals surface area (Å²) in [6.45, 7) is 10.2. The summed E-state index contributed by atoms with van der Waals surface area (Å²) in [4.78, 5) is 2.31. The summed E-state index contributed by atoms with van der Waals surface area (Å²) in [6.07, 6.45) is 0. The van der Waals surface area contributed by atoms with Crippen LogP contribution in [0.3, 0.4) is 0 Å². The normalized spacial score (nSPS) is 12.0. The molecule has 0 aliphatic heterocycles. The molecule has 1 heterocycles. The average Bonchev–Trinajstić information content (AvgIpc) is 2.85. The molecule has 0 atom stereocenters. The lowest BCUT2D eigenvalue weighted by Crippen LogP contribution is -2.36. The van der Waals surface area contributed by atoms with E-state index in [1.54, 1.807) is 24.3 Å². The number of sulfonamides is 1. The standard InChI is InChI=1S/C15H22N4O2S2/c1-10(2)19(11(3)4)15-17-16-14(22-15)18-23(20,21)13-8-6-12(5)7-9-13/h6-11H,1-5H3,(H,16,18). The van der Waals surface area contributed by atoms with E-state index in [4.69, 9.17) is 0 Å². The molecule has 0 saturated carbocycles. The fraction of sp³-hybridized carbons (Fsp3) is 0.467. The van der Waals surface area contributed by atoms with E-state index < -0.39 is 10.0 Å². The summed E-state index contributed by atoms with van der Waals surface area (Å²) >= 11 is 1.24. The zero-order valence-electron chi connectivity index (χ0n) is 13.9. The zero-order valence-corrected chi connectivity index (χ0v) is 15.6. The maximum atomic E-state index is 12.4. The molecular formula is C15H22N4O2S2. The van der Waals surface area contributed by atoms with Crippen LogP contribution in [0.5, 0.6) is 0 Å². The summed E-state index contributed by atoms with van der Waals surface area (Å²) in [5, 5.41) is 9.06. The predicted molar refractivity (Wildman–Crippen MR) is 94.6 cm³/mol. The van der Waals surface area contributed by atoms with Gasteiger partial charge in [0.25, 0.3) is 10.0 Å². The van der Waals surface area contributed by atoms with Gasteiger partial charge in [-0.05, 0) is 46.8 Å². The maximum absolute atomic E-state index is 12.4. The number of hydrogen-bond acceptors (Lipinski definition) is 6. The van der Waals surface area contributed by atoms with Crippen molar-refractivity contribution in [2.45, 2.75) is 51.6 Å². The molecule has 0 radical (unpaired) electrons. The summed E-state index contributed by atoms with van der Waals surface area (Å²) < 4.78 is 27.2. The number of aryl methyl sites for hydroxylation is 1. The molecule has 0 saturated heterocycles. The van der Waals surface area contributed by atoms with Crippen LogP contribution in [-0.4, -0.2) is 30.7 Å². The molecule has 0 spiro atoms. The molecule has 2 rings (SSSR count). The second-order valence-electron chi connectivity index (χ2n) is 5.90. The van der Waals surface area contributed by atoms with E-state index in [-0.39, 0.29) is 22.1 Å². The van der Waals surface area contributed by atoms with Crippen molar-refractivity contribution in [2.24, 2.45) is 0 Å². The summed E-state index contributed by atoms with van der Waals surface area (Å²) in [5.74, 6) is 0. The number of benzene rings is 1. The van der Waals surface area contributed by atoms with Crippen LogP contribution in [0.25, 0.3) is 0 Å². The van der Waals surface area contributed by atoms with E-state index in [1.807, 2.05) is 6.92 Å². The summed E-state index contributed by atoms with van der Waals surface area (Å²) in [6, 6.07) is 7.19. The highest BCUT2D eigenvalue weighted by molar-refractivity contribution is 7.93. The van der Waals surface area contributed by atoms with Gasteiger partial charge in [-0.1, -0.05) is 29.0 Å². The van der Waals surface area contributed by atoms with Crippen molar-refractivity contribution < 1.29 is 8.42 Å². The topological polar surface area (TPSA) is 75.2 Å². The number of nitrogens with zero attached hydrogens (tertiary/aromatic N) is 3. The lowest BCUT2D eigenvalue weighted by atomic mass is 10.2. The first-order valence-electron chi connectivity index (χ1n) is 7.42. The quantitative estimate of drug-likeness (QED) is 0.862. The van der Waals surface area contributed by atoms with Gasteiger partial charge in [-0.3, -0.25) is 4.72 Å². The molecule has 0 aliphatic carbocycles. The van der Waals surface area contributed by atoms with Gasteiger partial charge in [0.1, 0.15) is 0 Å². The van der Waals surface area contributed by atoms with Gasteiger partial charge in [0.15, 0.2) is 0 Å². The lowest BCUT2D eigenvalue weighted by molar-refractivity contribution is 0.600. The first-order valence-corrected chi connectivity index (χ1v) is 9.72. The Morgan fingerprint density at radius 1 is 1.04 bits per heavy atom. The van der Waals surface area contributed by atoms with Gasteiger partial charge >= 0.3 is 0 Å². The fourth-order valence-corrected chi connectivity index (χ4v) is 4.53. The van der Waals surface area contributed by atoms with Gasteiger partial charge in [-0.15, -0.1) is 10.2 Å². The lowest BCUT2D eigenvalue weighted by Gasteiger charge is -2.29. The minimum absolute atomic E-state index is 0.212. The third-order valence-corrected chi connectivity index (χ3v) is 5.64. The zero-order chi connectivity index (χ0) is 17.2. The molecule has 0 amide bonds. The molecule has 2 aromatic rings. The third-order valence-electron chi connectivity index (χ3n) is 3.30. The molecule has 1 aromatic carbocycles. The monoisotopic (exact) mass is 354 g/mol. The number of hydrogen-bond donors (Lipinski definition) is 1. The number of rotatable bonds is 6. The van der Waals surface area contributed by atoms with Crippen LogP contribution in [0.2, 0.25) is 0 Å². The van der Waals surface area contributed by atoms with Gasteiger partial charge in [-0.2, -0.15) is 0 Å². The first kappa shape index (κ1) is 17.7. The van der Waals surface area contributed by atoms with Crippen LogP contribution in [0.1, 0.15) is 33.3 Å². The van der Waals surface area contributed by atoms with Crippen molar-refractivity contribution in [3.63, 3.8) is 0 Å². The molecule has 8 heteroatoms. The van der Waals surface area contributed by atoms with Crippen molar-refractivity contribution >= 4 is 31.6 Å². The minimum Gasteiger partial charge on any atom is -0.342 e. The van der Waals surface area contributed by atoms with Gasteiger partial charge in [-0.25, -0.2) is 8.42 Å². The summed E-state index contributed by atoms with van der Waals surface area (Å²) in [5.41, 5.74) is 1.01. The van der Waals surface area contributed by atoms with E-state index in [2.05, 4.69) is 47.5 Å². The predicted octanol–water partition coefficient (Wildman–Crippen LogP) is 3.27. The Morgan fingerprint density at radius 3 is 2.13 bits per heavy atom. The second-order valence-corrected chi connectivity index (χ2v) is 8.54. The highest BCUT2D eigenvalue weighted by atomic mass is 32.2. The van der Waals surface area contributed by atoms with Crippen LogP contribution >= 0.6 is 11.3 Å². The maximum Gasteiger partial charge on any atom is 0.263 e. The minimum atomic E-state index is -3.64. The fourth-order valence-electron chi connectivity index (χ4n) is 2.29. The molecule has 1 N–H and O–H groups in total. The molecule has 0 bridgehead atoms. The van der Waals surface area contributed by atoms with Crippen LogP contribution in [0.4, 0.5) is 10.3 Å². The van der Waals surface area contributed by atoms with Crippen molar-refractivity contribution in [3.8, 4) is 0 Å². The smallest absolute Gasteiger partial charge is 0.263 e. The van der Waals surface area contributed by atoms with E-state index in [0.29, 0.717) is 5.13 Å². The van der Waals surface area contributed by atoms with Gasteiger partial charge in [0.05, 0.1) is 4.90 Å². The third kappa shape index (κ3) is 4.20. The Bertz CT molecular complexity index is 744.